The molecule has 1 aromatic rings. The van der Waals surface area contributed by atoms with Crippen LogP contribution >= 0.6 is 0 Å². The quantitative estimate of drug-likeness (QED) is 0.659. The number of halogens is 2. The Bertz CT molecular complexity index is 526. The lowest BCUT2D eigenvalue weighted by molar-refractivity contribution is 0.304. The van der Waals surface area contributed by atoms with Crippen molar-refractivity contribution in [3.05, 3.63) is 47.5 Å². The largest absolute Gasteiger partial charge is 0.204 e. The van der Waals surface area contributed by atoms with Crippen LogP contribution in [0.4, 0.5) is 8.78 Å². The van der Waals surface area contributed by atoms with E-state index in [1.165, 1.54) is 38.2 Å². The molecule has 0 radical (unpaired) electrons. The summed E-state index contributed by atoms with van der Waals surface area (Å²) in [4.78, 5) is 0. The maximum atomic E-state index is 13.0. The van der Waals surface area contributed by atoms with Crippen LogP contribution in [-0.2, 0) is 0 Å². The predicted molar refractivity (Wildman–Crippen MR) is 78.1 cm³/mol. The van der Waals surface area contributed by atoms with Gasteiger partial charge in [0, 0.05) is 5.56 Å². The summed E-state index contributed by atoms with van der Waals surface area (Å²) in [5, 5.41) is 0. The van der Waals surface area contributed by atoms with Gasteiger partial charge in [-0.3, -0.25) is 0 Å². The van der Waals surface area contributed by atoms with E-state index in [1.54, 1.807) is 0 Å². The van der Waals surface area contributed by atoms with Crippen molar-refractivity contribution in [2.45, 2.75) is 39.0 Å². The molecule has 2 rings (SSSR count). The van der Waals surface area contributed by atoms with E-state index in [-0.39, 0.29) is 0 Å². The number of allylic oxidation sites excluding steroid dienone is 2. The number of hydrogen-bond acceptors (Lipinski definition) is 0. The Morgan fingerprint density at radius 2 is 1.90 bits per heavy atom. The number of benzene rings is 1. The van der Waals surface area contributed by atoms with E-state index in [0.717, 1.165) is 18.1 Å². The Hall–Kier alpha value is -1.62. The molecule has 0 spiro atoms. The van der Waals surface area contributed by atoms with Crippen LogP contribution in [0.5, 0.6) is 0 Å². The van der Waals surface area contributed by atoms with Crippen LogP contribution in [0.15, 0.2) is 30.4 Å². The molecule has 0 aromatic heterocycles. The molecule has 0 aliphatic heterocycles. The Morgan fingerprint density at radius 3 is 2.55 bits per heavy atom. The van der Waals surface area contributed by atoms with Crippen molar-refractivity contribution in [1.82, 2.24) is 0 Å². The first-order chi connectivity index (χ1) is 9.69. The molecular formula is C18H20F2. The highest BCUT2D eigenvalue weighted by atomic mass is 19.2. The first kappa shape index (κ1) is 14.8. The SMILES string of the molecule is CC[C@H]1CC[C@H](C=CC#Cc2ccc(F)c(F)c2)CC1. The van der Waals surface area contributed by atoms with E-state index < -0.39 is 11.6 Å². The molecule has 0 heterocycles. The van der Waals surface area contributed by atoms with Crippen molar-refractivity contribution in [3.63, 3.8) is 0 Å². The molecular weight excluding hydrogens is 254 g/mol. The topological polar surface area (TPSA) is 0 Å². The van der Waals surface area contributed by atoms with Gasteiger partial charge in [-0.25, -0.2) is 8.78 Å². The average Bonchev–Trinajstić information content (AvgIpc) is 2.48. The van der Waals surface area contributed by atoms with E-state index in [0.29, 0.717) is 11.5 Å². The van der Waals surface area contributed by atoms with Crippen molar-refractivity contribution in [2.75, 3.05) is 0 Å². The second-order valence-corrected chi connectivity index (χ2v) is 5.45. The molecule has 0 atom stereocenters. The summed E-state index contributed by atoms with van der Waals surface area (Å²) in [5.74, 6) is 5.57. The monoisotopic (exact) mass is 274 g/mol. The van der Waals surface area contributed by atoms with Crippen LogP contribution in [0.25, 0.3) is 0 Å². The smallest absolute Gasteiger partial charge is 0.160 e. The second kappa shape index (κ2) is 7.24. The Labute approximate surface area is 119 Å². The third kappa shape index (κ3) is 4.20. The lowest BCUT2D eigenvalue weighted by Crippen LogP contribution is -2.11. The van der Waals surface area contributed by atoms with Gasteiger partial charge >= 0.3 is 0 Å². The van der Waals surface area contributed by atoms with Crippen LogP contribution in [0.2, 0.25) is 0 Å². The van der Waals surface area contributed by atoms with Crippen molar-refractivity contribution in [1.29, 1.82) is 0 Å². The normalized spacial score (nSPS) is 22.6. The molecule has 0 amide bonds. The number of hydrogen-bond donors (Lipinski definition) is 0. The third-order valence-corrected chi connectivity index (χ3v) is 4.06. The molecule has 0 unspecified atom stereocenters. The van der Waals surface area contributed by atoms with Gasteiger partial charge in [0.1, 0.15) is 0 Å². The maximum Gasteiger partial charge on any atom is 0.160 e. The van der Waals surface area contributed by atoms with Crippen LogP contribution in [0, 0.1) is 35.3 Å². The maximum absolute atomic E-state index is 13.0. The summed E-state index contributed by atoms with van der Waals surface area (Å²) in [5.41, 5.74) is 0.503. The molecule has 0 saturated heterocycles. The summed E-state index contributed by atoms with van der Waals surface area (Å²) in [6, 6.07) is 3.73. The molecule has 0 bridgehead atoms. The van der Waals surface area contributed by atoms with Gasteiger partial charge in [0.2, 0.25) is 0 Å². The molecule has 0 N–H and O–H groups in total. The second-order valence-electron chi connectivity index (χ2n) is 5.45. The van der Waals surface area contributed by atoms with E-state index in [2.05, 4.69) is 24.8 Å². The molecule has 20 heavy (non-hydrogen) atoms. The van der Waals surface area contributed by atoms with Crippen molar-refractivity contribution in [2.24, 2.45) is 11.8 Å². The Balaban J connectivity index is 1.87. The summed E-state index contributed by atoms with van der Waals surface area (Å²) in [7, 11) is 0. The highest BCUT2D eigenvalue weighted by molar-refractivity contribution is 5.37. The standard InChI is InChI=1S/C18H20F2/c1-2-14-7-9-15(10-8-14)5-3-4-6-16-11-12-17(19)18(20)13-16/h3,5,11-15H,2,7-10H2,1H3/t14-,15-. The van der Waals surface area contributed by atoms with Gasteiger partial charge < -0.3 is 0 Å². The molecule has 1 aliphatic rings. The number of rotatable bonds is 2. The zero-order valence-electron chi connectivity index (χ0n) is 11.8. The third-order valence-electron chi connectivity index (χ3n) is 4.06. The van der Waals surface area contributed by atoms with Crippen LogP contribution in [0.3, 0.4) is 0 Å². The molecule has 1 aromatic carbocycles. The van der Waals surface area contributed by atoms with Gasteiger partial charge in [-0.05, 0) is 61.8 Å². The van der Waals surface area contributed by atoms with E-state index in [9.17, 15) is 8.78 Å². The van der Waals surface area contributed by atoms with Gasteiger partial charge in [0.15, 0.2) is 11.6 Å². The van der Waals surface area contributed by atoms with Gasteiger partial charge in [-0.1, -0.05) is 31.3 Å². The van der Waals surface area contributed by atoms with Gasteiger partial charge in [-0.15, -0.1) is 0 Å². The van der Waals surface area contributed by atoms with Gasteiger partial charge in [0.05, 0.1) is 0 Å². The van der Waals surface area contributed by atoms with Crippen molar-refractivity contribution in [3.8, 4) is 11.8 Å². The van der Waals surface area contributed by atoms with Crippen LogP contribution < -0.4 is 0 Å². The lowest BCUT2D eigenvalue weighted by atomic mass is 9.81. The van der Waals surface area contributed by atoms with Gasteiger partial charge in [-0.2, -0.15) is 0 Å². The molecule has 1 saturated carbocycles. The zero-order chi connectivity index (χ0) is 14.4. The highest BCUT2D eigenvalue weighted by Gasteiger charge is 2.17. The highest BCUT2D eigenvalue weighted by Crippen LogP contribution is 2.31. The minimum absolute atomic E-state index is 0.503. The fourth-order valence-electron chi connectivity index (χ4n) is 2.67. The first-order valence-corrected chi connectivity index (χ1v) is 7.32. The Morgan fingerprint density at radius 1 is 1.15 bits per heavy atom. The minimum atomic E-state index is -0.848. The predicted octanol–water partition coefficient (Wildman–Crippen LogP) is 5.09. The van der Waals surface area contributed by atoms with E-state index in [1.807, 2.05) is 6.08 Å². The van der Waals surface area contributed by atoms with Crippen molar-refractivity contribution >= 4 is 0 Å². The summed E-state index contributed by atoms with van der Waals surface area (Å²) in [6.45, 7) is 2.26. The zero-order valence-corrected chi connectivity index (χ0v) is 11.8. The van der Waals surface area contributed by atoms with Crippen LogP contribution in [0.1, 0.15) is 44.6 Å². The average molecular weight is 274 g/mol. The van der Waals surface area contributed by atoms with Crippen molar-refractivity contribution < 1.29 is 8.78 Å². The summed E-state index contributed by atoms with van der Waals surface area (Å²) >= 11 is 0. The first-order valence-electron chi connectivity index (χ1n) is 7.32. The van der Waals surface area contributed by atoms with E-state index in [4.69, 9.17) is 0 Å². The lowest BCUT2D eigenvalue weighted by Gasteiger charge is -2.25. The van der Waals surface area contributed by atoms with Gasteiger partial charge in [0.25, 0.3) is 0 Å². The summed E-state index contributed by atoms with van der Waals surface area (Å²) in [6.07, 6.45) is 10.4. The summed E-state index contributed by atoms with van der Waals surface area (Å²) < 4.78 is 25.7. The molecule has 1 fully saturated rings. The molecule has 2 heteroatoms. The Kier molecular flexibility index (Phi) is 5.35. The fraction of sp³-hybridized carbons (Fsp3) is 0.444. The van der Waals surface area contributed by atoms with Crippen LogP contribution in [-0.4, -0.2) is 0 Å². The minimum Gasteiger partial charge on any atom is -0.204 e. The van der Waals surface area contributed by atoms with E-state index >= 15 is 0 Å². The molecule has 106 valence electrons. The fourth-order valence-corrected chi connectivity index (χ4v) is 2.67. The molecule has 1 aliphatic carbocycles. The molecule has 0 nitrogen and oxygen atoms in total.